The van der Waals surface area contributed by atoms with Gasteiger partial charge in [-0.05, 0) is 29.1 Å². The fraction of sp³-hybridized carbons (Fsp3) is 0.250. The number of aromatic nitrogens is 1. The van der Waals surface area contributed by atoms with Crippen LogP contribution < -0.4 is 4.74 Å². The zero-order chi connectivity index (χ0) is 15.7. The second-order valence-electron chi connectivity index (χ2n) is 6.55. The van der Waals surface area contributed by atoms with Crippen LogP contribution in [0.15, 0.2) is 54.7 Å². The third-order valence-corrected chi connectivity index (χ3v) is 3.87. The first-order valence-corrected chi connectivity index (χ1v) is 7.53. The van der Waals surface area contributed by atoms with Crippen molar-refractivity contribution in [2.45, 2.75) is 26.2 Å². The van der Waals surface area contributed by atoms with Gasteiger partial charge in [-0.2, -0.15) is 0 Å². The first kappa shape index (κ1) is 14.6. The average molecular weight is 291 g/mol. The Labute approximate surface area is 131 Å². The van der Waals surface area contributed by atoms with Crippen LogP contribution in [0.25, 0.3) is 21.9 Å². The zero-order valence-corrected chi connectivity index (χ0v) is 13.6. The van der Waals surface area contributed by atoms with Crippen LogP contribution in [-0.4, -0.2) is 12.1 Å². The molecule has 0 aliphatic rings. The molecule has 0 fully saturated rings. The molecule has 3 aromatic rings. The highest BCUT2D eigenvalue weighted by atomic mass is 16.5. The van der Waals surface area contributed by atoms with E-state index < -0.39 is 0 Å². The first-order chi connectivity index (χ1) is 10.5. The monoisotopic (exact) mass is 291 g/mol. The highest BCUT2D eigenvalue weighted by Gasteiger charge is 2.22. The fourth-order valence-corrected chi connectivity index (χ4v) is 2.78. The Kier molecular flexibility index (Phi) is 3.61. The van der Waals surface area contributed by atoms with Crippen LogP contribution in [0.5, 0.6) is 5.75 Å². The van der Waals surface area contributed by atoms with Crippen molar-refractivity contribution < 1.29 is 4.74 Å². The van der Waals surface area contributed by atoms with Crippen LogP contribution in [0, 0.1) is 0 Å². The highest BCUT2D eigenvalue weighted by Crippen LogP contribution is 2.37. The number of pyridine rings is 1. The van der Waals surface area contributed by atoms with Crippen molar-refractivity contribution in [2.24, 2.45) is 0 Å². The predicted octanol–water partition coefficient (Wildman–Crippen LogP) is 5.21. The Bertz CT molecular complexity index is 801. The van der Waals surface area contributed by atoms with Crippen LogP contribution in [0.2, 0.25) is 0 Å². The normalized spacial score (nSPS) is 11.6. The van der Waals surface area contributed by atoms with Gasteiger partial charge in [0.05, 0.1) is 12.8 Å². The molecule has 2 nitrogen and oxygen atoms in total. The van der Waals surface area contributed by atoms with Crippen LogP contribution in [0.3, 0.4) is 0 Å². The number of ether oxygens (including phenoxy) is 1. The Hall–Kier alpha value is -2.35. The molecule has 0 spiro atoms. The molecule has 0 atom stereocenters. The lowest BCUT2D eigenvalue weighted by molar-refractivity contribution is 0.415. The number of methoxy groups -OCH3 is 1. The molecule has 0 saturated carbocycles. The van der Waals surface area contributed by atoms with Crippen molar-refractivity contribution in [1.82, 2.24) is 4.98 Å². The summed E-state index contributed by atoms with van der Waals surface area (Å²) in [6.07, 6.45) is 1.96. The number of nitrogens with zero attached hydrogens (tertiary/aromatic N) is 1. The minimum absolute atomic E-state index is 0.0254. The number of hydrogen-bond acceptors (Lipinski definition) is 2. The van der Waals surface area contributed by atoms with E-state index in [-0.39, 0.29) is 5.41 Å². The molecule has 22 heavy (non-hydrogen) atoms. The van der Waals surface area contributed by atoms with Gasteiger partial charge >= 0.3 is 0 Å². The average Bonchev–Trinajstić information content (AvgIpc) is 2.53. The molecule has 0 saturated heterocycles. The molecule has 1 heterocycles. The predicted molar refractivity (Wildman–Crippen MR) is 92.4 cm³/mol. The van der Waals surface area contributed by atoms with E-state index in [2.05, 4.69) is 57.2 Å². The van der Waals surface area contributed by atoms with Crippen LogP contribution in [-0.2, 0) is 5.41 Å². The van der Waals surface area contributed by atoms with E-state index in [1.807, 2.05) is 18.3 Å². The molecule has 0 aliphatic carbocycles. The van der Waals surface area contributed by atoms with Gasteiger partial charge in [0.15, 0.2) is 0 Å². The largest absolute Gasteiger partial charge is 0.497 e. The van der Waals surface area contributed by atoms with Crippen molar-refractivity contribution in [2.75, 3.05) is 7.11 Å². The lowest BCUT2D eigenvalue weighted by Crippen LogP contribution is -2.15. The van der Waals surface area contributed by atoms with Crippen LogP contribution >= 0.6 is 0 Å². The lowest BCUT2D eigenvalue weighted by Gasteiger charge is -2.23. The summed E-state index contributed by atoms with van der Waals surface area (Å²) in [5, 5.41) is 2.32. The van der Waals surface area contributed by atoms with E-state index in [0.29, 0.717) is 0 Å². The molecule has 2 aromatic carbocycles. The zero-order valence-electron chi connectivity index (χ0n) is 13.6. The maximum absolute atomic E-state index is 5.42. The van der Waals surface area contributed by atoms with Gasteiger partial charge in [0, 0.05) is 22.6 Å². The summed E-state index contributed by atoms with van der Waals surface area (Å²) in [5.41, 5.74) is 3.48. The van der Waals surface area contributed by atoms with E-state index in [4.69, 9.17) is 9.72 Å². The molecule has 3 rings (SSSR count). The van der Waals surface area contributed by atoms with Crippen molar-refractivity contribution >= 4 is 10.8 Å². The molecule has 0 unspecified atom stereocenters. The smallest absolute Gasteiger partial charge is 0.119 e. The van der Waals surface area contributed by atoms with Gasteiger partial charge in [0.25, 0.3) is 0 Å². The maximum Gasteiger partial charge on any atom is 0.119 e. The molecule has 1 aromatic heterocycles. The summed E-state index contributed by atoms with van der Waals surface area (Å²) < 4.78 is 5.42. The van der Waals surface area contributed by atoms with E-state index in [1.165, 1.54) is 16.5 Å². The lowest BCUT2D eigenvalue weighted by atomic mass is 9.84. The summed E-state index contributed by atoms with van der Waals surface area (Å²) in [7, 11) is 1.70. The second-order valence-corrected chi connectivity index (χ2v) is 6.55. The third kappa shape index (κ3) is 2.57. The van der Waals surface area contributed by atoms with Gasteiger partial charge in [-0.1, -0.05) is 51.1 Å². The first-order valence-electron chi connectivity index (χ1n) is 7.53. The number of fused-ring (bicyclic) bond motifs is 1. The van der Waals surface area contributed by atoms with E-state index in [0.717, 1.165) is 16.8 Å². The SMILES string of the molecule is COc1ccc2cnc(C(C)(C)C)c(-c3ccccc3)c2c1. The van der Waals surface area contributed by atoms with Gasteiger partial charge < -0.3 is 4.74 Å². The second kappa shape index (κ2) is 5.45. The van der Waals surface area contributed by atoms with Gasteiger partial charge in [-0.25, -0.2) is 0 Å². The molecule has 2 heteroatoms. The van der Waals surface area contributed by atoms with Gasteiger partial charge in [-0.3, -0.25) is 4.98 Å². The summed E-state index contributed by atoms with van der Waals surface area (Å²) >= 11 is 0. The molecular weight excluding hydrogens is 270 g/mol. The minimum atomic E-state index is -0.0254. The van der Waals surface area contributed by atoms with Crippen molar-refractivity contribution in [3.63, 3.8) is 0 Å². The number of hydrogen-bond donors (Lipinski definition) is 0. The Balaban J connectivity index is 2.41. The Morgan fingerprint density at radius 3 is 2.32 bits per heavy atom. The van der Waals surface area contributed by atoms with Crippen molar-refractivity contribution in [3.05, 3.63) is 60.4 Å². The molecule has 0 aliphatic heterocycles. The molecule has 0 N–H and O–H groups in total. The number of rotatable bonds is 2. The van der Waals surface area contributed by atoms with Crippen molar-refractivity contribution in [1.29, 1.82) is 0 Å². The Morgan fingerprint density at radius 2 is 1.68 bits per heavy atom. The molecule has 0 radical (unpaired) electrons. The van der Waals surface area contributed by atoms with E-state index >= 15 is 0 Å². The summed E-state index contributed by atoms with van der Waals surface area (Å²) in [5.74, 6) is 0.871. The highest BCUT2D eigenvalue weighted by molar-refractivity contribution is 5.98. The quantitative estimate of drug-likeness (QED) is 0.646. The summed E-state index contributed by atoms with van der Waals surface area (Å²) in [6, 6.07) is 16.6. The van der Waals surface area contributed by atoms with E-state index in [9.17, 15) is 0 Å². The van der Waals surface area contributed by atoms with E-state index in [1.54, 1.807) is 7.11 Å². The van der Waals surface area contributed by atoms with Crippen LogP contribution in [0.4, 0.5) is 0 Å². The van der Waals surface area contributed by atoms with Crippen LogP contribution in [0.1, 0.15) is 26.5 Å². The third-order valence-electron chi connectivity index (χ3n) is 3.87. The topological polar surface area (TPSA) is 22.1 Å². The molecular formula is C20H21NO. The van der Waals surface area contributed by atoms with Gasteiger partial charge in [-0.15, -0.1) is 0 Å². The van der Waals surface area contributed by atoms with Gasteiger partial charge in [0.1, 0.15) is 5.75 Å². The molecule has 0 bridgehead atoms. The van der Waals surface area contributed by atoms with Crippen molar-refractivity contribution in [3.8, 4) is 16.9 Å². The standard InChI is InChI=1S/C20H21NO/c1-20(2,3)19-18(14-8-6-5-7-9-14)17-12-16(22-4)11-10-15(17)13-21-19/h5-13H,1-4H3. The fourth-order valence-electron chi connectivity index (χ4n) is 2.78. The summed E-state index contributed by atoms with van der Waals surface area (Å²) in [4.78, 5) is 4.77. The maximum atomic E-state index is 5.42. The summed E-state index contributed by atoms with van der Waals surface area (Å²) in [6.45, 7) is 6.61. The number of benzene rings is 2. The Morgan fingerprint density at radius 1 is 0.955 bits per heavy atom. The minimum Gasteiger partial charge on any atom is -0.497 e. The molecule has 0 amide bonds. The van der Waals surface area contributed by atoms with Gasteiger partial charge in [0.2, 0.25) is 0 Å². The molecule has 112 valence electrons.